The van der Waals surface area contributed by atoms with E-state index in [4.69, 9.17) is 4.74 Å². The van der Waals surface area contributed by atoms with Gasteiger partial charge in [-0.2, -0.15) is 0 Å². The minimum atomic E-state index is -0.514. The van der Waals surface area contributed by atoms with Gasteiger partial charge in [0.05, 0.1) is 6.04 Å². The smallest absolute Gasteiger partial charge is 0.410 e. The molecule has 2 N–H and O–H groups in total. The second-order valence-corrected chi connectivity index (χ2v) is 7.03. The van der Waals surface area contributed by atoms with Gasteiger partial charge in [0.2, 0.25) is 0 Å². The maximum atomic E-state index is 12.1. The average molecular weight is 334 g/mol. The lowest BCUT2D eigenvalue weighted by Gasteiger charge is -2.24. The molecular formula is C17H26N4O3. The molecule has 1 aliphatic heterocycles. The van der Waals surface area contributed by atoms with Crippen molar-refractivity contribution in [3.63, 3.8) is 0 Å². The molecule has 2 unspecified atom stereocenters. The zero-order chi connectivity index (χ0) is 17.7. The number of carbonyl (C=O) groups excluding carboxylic acids is 2. The monoisotopic (exact) mass is 334 g/mol. The molecule has 0 radical (unpaired) electrons. The Morgan fingerprint density at radius 2 is 2.00 bits per heavy atom. The average Bonchev–Trinajstić information content (AvgIpc) is 2.95. The molecular weight excluding hydrogens is 308 g/mol. The number of hydrogen-bond donors (Lipinski definition) is 2. The van der Waals surface area contributed by atoms with Crippen LogP contribution in [-0.2, 0) is 4.74 Å². The molecule has 1 aromatic heterocycles. The van der Waals surface area contributed by atoms with Crippen molar-refractivity contribution in [1.29, 1.82) is 0 Å². The van der Waals surface area contributed by atoms with Gasteiger partial charge in [-0.05, 0) is 51.8 Å². The van der Waals surface area contributed by atoms with Crippen molar-refractivity contribution in [1.82, 2.24) is 20.5 Å². The topological polar surface area (TPSA) is 83.6 Å². The van der Waals surface area contributed by atoms with E-state index in [1.165, 1.54) is 0 Å². The van der Waals surface area contributed by atoms with E-state index in [0.717, 1.165) is 12.0 Å². The zero-order valence-electron chi connectivity index (χ0n) is 14.7. The van der Waals surface area contributed by atoms with Gasteiger partial charge in [0.15, 0.2) is 0 Å². The van der Waals surface area contributed by atoms with Gasteiger partial charge in [-0.15, -0.1) is 0 Å². The number of hydrogen-bond acceptors (Lipinski definition) is 4. The van der Waals surface area contributed by atoms with E-state index in [-0.39, 0.29) is 24.2 Å². The summed E-state index contributed by atoms with van der Waals surface area (Å²) in [7, 11) is 0. The summed E-state index contributed by atoms with van der Waals surface area (Å²) in [6.07, 6.45) is 3.77. The lowest BCUT2D eigenvalue weighted by Crippen LogP contribution is -2.45. The van der Waals surface area contributed by atoms with Crippen LogP contribution in [0.3, 0.4) is 0 Å². The van der Waals surface area contributed by atoms with Gasteiger partial charge in [-0.1, -0.05) is 0 Å². The Balaban J connectivity index is 1.78. The van der Waals surface area contributed by atoms with Crippen LogP contribution in [0.5, 0.6) is 0 Å². The van der Waals surface area contributed by atoms with Crippen molar-refractivity contribution in [3.05, 3.63) is 30.1 Å². The molecule has 3 amide bonds. The first-order valence-corrected chi connectivity index (χ1v) is 8.19. The van der Waals surface area contributed by atoms with E-state index < -0.39 is 5.60 Å². The normalized spacial score (nSPS) is 18.8. The fourth-order valence-corrected chi connectivity index (χ4v) is 2.53. The Hall–Kier alpha value is -2.31. The van der Waals surface area contributed by atoms with Crippen LogP contribution < -0.4 is 10.6 Å². The van der Waals surface area contributed by atoms with Crippen molar-refractivity contribution in [2.24, 2.45) is 0 Å². The molecule has 132 valence electrons. The molecule has 0 saturated carbocycles. The summed E-state index contributed by atoms with van der Waals surface area (Å²) in [6.45, 7) is 8.47. The molecule has 7 heteroatoms. The van der Waals surface area contributed by atoms with E-state index in [1.807, 2.05) is 39.8 Å². The van der Waals surface area contributed by atoms with Gasteiger partial charge in [0, 0.05) is 31.5 Å². The molecule has 0 bridgehead atoms. The van der Waals surface area contributed by atoms with E-state index in [0.29, 0.717) is 13.1 Å². The van der Waals surface area contributed by atoms with Crippen molar-refractivity contribution in [3.8, 4) is 0 Å². The van der Waals surface area contributed by atoms with E-state index in [1.54, 1.807) is 17.3 Å². The van der Waals surface area contributed by atoms with E-state index >= 15 is 0 Å². The van der Waals surface area contributed by atoms with Crippen LogP contribution in [0.4, 0.5) is 9.59 Å². The van der Waals surface area contributed by atoms with E-state index in [2.05, 4.69) is 15.6 Å². The predicted octanol–water partition coefficient (Wildman–Crippen LogP) is 2.45. The van der Waals surface area contributed by atoms with Crippen LogP contribution >= 0.6 is 0 Å². The van der Waals surface area contributed by atoms with E-state index in [9.17, 15) is 9.59 Å². The summed E-state index contributed by atoms with van der Waals surface area (Å²) >= 11 is 0. The summed E-state index contributed by atoms with van der Waals surface area (Å²) in [6, 6.07) is 3.31. The fraction of sp³-hybridized carbons (Fsp3) is 0.588. The lowest BCUT2D eigenvalue weighted by atomic mass is 10.1. The highest BCUT2D eigenvalue weighted by molar-refractivity contribution is 5.75. The van der Waals surface area contributed by atoms with Gasteiger partial charge >= 0.3 is 12.1 Å². The maximum absolute atomic E-state index is 12.1. The largest absolute Gasteiger partial charge is 0.444 e. The minimum Gasteiger partial charge on any atom is -0.444 e. The summed E-state index contributed by atoms with van der Waals surface area (Å²) in [5.74, 6) is 0. The summed E-state index contributed by atoms with van der Waals surface area (Å²) < 4.78 is 5.35. The number of ether oxygens (including phenoxy) is 1. The molecule has 1 aromatic rings. The Kier molecular flexibility index (Phi) is 5.64. The molecule has 1 fully saturated rings. The molecule has 0 aromatic carbocycles. The Labute approximate surface area is 142 Å². The number of likely N-dealkylation sites (tertiary alicyclic amines) is 1. The number of carbonyl (C=O) groups is 2. The van der Waals surface area contributed by atoms with Crippen molar-refractivity contribution in [2.45, 2.75) is 51.8 Å². The molecule has 0 aliphatic carbocycles. The van der Waals surface area contributed by atoms with Gasteiger partial charge in [-0.25, -0.2) is 9.59 Å². The molecule has 0 spiro atoms. The van der Waals surface area contributed by atoms with Crippen molar-refractivity contribution >= 4 is 12.1 Å². The minimum absolute atomic E-state index is 0.0674. The highest BCUT2D eigenvalue weighted by atomic mass is 16.6. The third-order valence-electron chi connectivity index (χ3n) is 3.73. The lowest BCUT2D eigenvalue weighted by molar-refractivity contribution is 0.0291. The van der Waals surface area contributed by atoms with Gasteiger partial charge in [0.25, 0.3) is 0 Å². The Bertz CT molecular complexity index is 571. The summed E-state index contributed by atoms with van der Waals surface area (Å²) in [5, 5.41) is 5.80. The molecule has 24 heavy (non-hydrogen) atoms. The van der Waals surface area contributed by atoms with Crippen LogP contribution in [-0.4, -0.2) is 46.7 Å². The zero-order valence-corrected chi connectivity index (χ0v) is 14.7. The van der Waals surface area contributed by atoms with Crippen LogP contribution in [0.25, 0.3) is 0 Å². The first-order valence-electron chi connectivity index (χ1n) is 8.19. The second kappa shape index (κ2) is 7.51. The molecule has 1 saturated heterocycles. The quantitative estimate of drug-likeness (QED) is 0.889. The number of nitrogens with one attached hydrogen (secondary N) is 2. The maximum Gasteiger partial charge on any atom is 0.410 e. The summed E-state index contributed by atoms with van der Waals surface area (Å²) in [4.78, 5) is 29.7. The van der Waals surface area contributed by atoms with Gasteiger partial charge in [-0.3, -0.25) is 4.98 Å². The fourth-order valence-electron chi connectivity index (χ4n) is 2.53. The number of pyridine rings is 1. The van der Waals surface area contributed by atoms with Crippen LogP contribution in [0.15, 0.2) is 24.5 Å². The molecule has 7 nitrogen and oxygen atoms in total. The first-order chi connectivity index (χ1) is 11.2. The first kappa shape index (κ1) is 18.0. The van der Waals surface area contributed by atoms with Crippen LogP contribution in [0.2, 0.25) is 0 Å². The number of nitrogens with zero attached hydrogens (tertiary/aromatic N) is 2. The molecule has 2 rings (SSSR count). The third kappa shape index (κ3) is 5.40. The van der Waals surface area contributed by atoms with Crippen LogP contribution in [0, 0.1) is 0 Å². The number of rotatable bonds is 3. The highest BCUT2D eigenvalue weighted by Crippen LogP contribution is 2.15. The molecule has 2 atom stereocenters. The standard InChI is InChI=1S/C17H26N4O3/c1-12(13-5-8-18-9-6-13)19-15(22)20-14-7-10-21(11-14)16(23)24-17(2,3)4/h5-6,8-9,12,14H,7,10-11H2,1-4H3,(H2,19,20,22). The van der Waals surface area contributed by atoms with Gasteiger partial charge in [0.1, 0.15) is 5.60 Å². The molecule has 1 aliphatic rings. The summed E-state index contributed by atoms with van der Waals surface area (Å²) in [5.41, 5.74) is 0.474. The molecule has 2 heterocycles. The van der Waals surface area contributed by atoms with Gasteiger partial charge < -0.3 is 20.3 Å². The Morgan fingerprint density at radius 3 is 2.62 bits per heavy atom. The number of aromatic nitrogens is 1. The second-order valence-electron chi connectivity index (χ2n) is 7.03. The van der Waals surface area contributed by atoms with Crippen LogP contribution in [0.1, 0.15) is 45.7 Å². The SMILES string of the molecule is CC(NC(=O)NC1CCN(C(=O)OC(C)(C)C)C1)c1ccncc1. The number of urea groups is 1. The van der Waals surface area contributed by atoms with Crippen molar-refractivity contribution in [2.75, 3.05) is 13.1 Å². The Morgan fingerprint density at radius 1 is 1.33 bits per heavy atom. The number of amides is 3. The van der Waals surface area contributed by atoms with Crippen molar-refractivity contribution < 1.29 is 14.3 Å². The predicted molar refractivity (Wildman–Crippen MR) is 90.5 cm³/mol. The highest BCUT2D eigenvalue weighted by Gasteiger charge is 2.30. The third-order valence-corrected chi connectivity index (χ3v) is 3.73.